The molecule has 1 heterocycles. The van der Waals surface area contributed by atoms with Gasteiger partial charge in [-0.3, -0.25) is 14.9 Å². The number of aromatic hydroxyl groups is 1. The molecule has 2 aromatic carbocycles. The van der Waals surface area contributed by atoms with E-state index >= 15 is 0 Å². The Morgan fingerprint density at radius 2 is 1.90 bits per heavy atom. The first-order valence-corrected chi connectivity index (χ1v) is 6.16. The van der Waals surface area contributed by atoms with Gasteiger partial charge in [-0.25, -0.2) is 0 Å². The molecule has 0 spiro atoms. The zero-order chi connectivity index (χ0) is 15.0. The first-order valence-electron chi connectivity index (χ1n) is 6.16. The van der Waals surface area contributed by atoms with Gasteiger partial charge in [-0.05, 0) is 17.7 Å². The lowest BCUT2D eigenvalue weighted by Gasteiger charge is -2.08. The molecule has 0 radical (unpaired) electrons. The van der Waals surface area contributed by atoms with E-state index in [0.717, 1.165) is 0 Å². The molecule has 6 nitrogen and oxygen atoms in total. The van der Waals surface area contributed by atoms with Crippen LogP contribution < -0.4 is 5.56 Å². The molecule has 0 aliphatic rings. The van der Waals surface area contributed by atoms with Crippen LogP contribution in [0.5, 0.6) is 5.75 Å². The number of nitrogens with zero attached hydrogens (tertiary/aromatic N) is 1. The minimum Gasteiger partial charge on any atom is -0.507 e. The van der Waals surface area contributed by atoms with E-state index in [1.165, 1.54) is 24.4 Å². The quantitative estimate of drug-likeness (QED) is 0.558. The van der Waals surface area contributed by atoms with Crippen molar-refractivity contribution in [2.24, 2.45) is 0 Å². The van der Waals surface area contributed by atoms with E-state index in [1.807, 2.05) is 0 Å². The summed E-state index contributed by atoms with van der Waals surface area (Å²) in [6, 6.07) is 10.7. The van der Waals surface area contributed by atoms with Crippen LogP contribution in [0.3, 0.4) is 0 Å². The maximum atomic E-state index is 11.8. The molecule has 0 saturated carbocycles. The Morgan fingerprint density at radius 3 is 2.67 bits per heavy atom. The summed E-state index contributed by atoms with van der Waals surface area (Å²) in [4.78, 5) is 24.8. The molecular formula is C15H10N2O4. The number of hydrogen-bond donors (Lipinski definition) is 2. The van der Waals surface area contributed by atoms with Crippen LogP contribution in [0.4, 0.5) is 5.69 Å². The molecule has 0 unspecified atom stereocenters. The average molecular weight is 282 g/mol. The predicted molar refractivity (Wildman–Crippen MR) is 78.3 cm³/mol. The number of pyridine rings is 1. The third-order valence-electron chi connectivity index (χ3n) is 3.27. The second-order valence-electron chi connectivity index (χ2n) is 4.54. The van der Waals surface area contributed by atoms with Gasteiger partial charge in [0.15, 0.2) is 0 Å². The van der Waals surface area contributed by atoms with Gasteiger partial charge in [0.25, 0.3) is 11.2 Å². The molecule has 3 aromatic rings. The summed E-state index contributed by atoms with van der Waals surface area (Å²) in [5.74, 6) is -0.0416. The van der Waals surface area contributed by atoms with Gasteiger partial charge in [-0.1, -0.05) is 18.2 Å². The number of aromatic amines is 1. The topological polar surface area (TPSA) is 96.2 Å². The Morgan fingerprint density at radius 1 is 1.14 bits per heavy atom. The van der Waals surface area contributed by atoms with Gasteiger partial charge < -0.3 is 10.1 Å². The highest BCUT2D eigenvalue weighted by atomic mass is 16.6. The van der Waals surface area contributed by atoms with Crippen LogP contribution in [0.15, 0.2) is 53.5 Å². The standard InChI is InChI=1S/C15H10N2O4/c18-13-6-2-5-11-14(13)12(8-16-15(11)19)9-3-1-4-10(7-9)17(20)21/h1-8,18H,(H,16,19). The van der Waals surface area contributed by atoms with Crippen molar-refractivity contribution in [2.75, 3.05) is 0 Å². The highest BCUT2D eigenvalue weighted by molar-refractivity contribution is 6.00. The molecular weight excluding hydrogens is 272 g/mol. The second-order valence-corrected chi connectivity index (χ2v) is 4.54. The number of phenols is 1. The molecule has 0 bridgehead atoms. The van der Waals surface area contributed by atoms with Crippen LogP contribution in [-0.2, 0) is 0 Å². The fourth-order valence-corrected chi connectivity index (χ4v) is 2.31. The Hall–Kier alpha value is -3.15. The normalized spacial score (nSPS) is 10.7. The van der Waals surface area contributed by atoms with Crippen LogP contribution in [0.1, 0.15) is 0 Å². The number of fused-ring (bicyclic) bond motifs is 1. The Kier molecular flexibility index (Phi) is 2.91. The second kappa shape index (κ2) is 4.75. The van der Waals surface area contributed by atoms with Crippen LogP contribution in [0, 0.1) is 10.1 Å². The summed E-state index contributed by atoms with van der Waals surface area (Å²) < 4.78 is 0. The van der Waals surface area contributed by atoms with Crippen LogP contribution in [-0.4, -0.2) is 15.0 Å². The summed E-state index contributed by atoms with van der Waals surface area (Å²) >= 11 is 0. The molecule has 0 aliphatic heterocycles. The van der Waals surface area contributed by atoms with Gasteiger partial charge in [0, 0.05) is 29.3 Å². The van der Waals surface area contributed by atoms with Crippen molar-refractivity contribution < 1.29 is 10.0 Å². The minimum atomic E-state index is -0.489. The Balaban J connectivity index is 2.36. The largest absolute Gasteiger partial charge is 0.507 e. The monoisotopic (exact) mass is 282 g/mol. The van der Waals surface area contributed by atoms with Crippen molar-refractivity contribution in [1.82, 2.24) is 4.98 Å². The van der Waals surface area contributed by atoms with Crippen molar-refractivity contribution in [3.05, 3.63) is 69.1 Å². The molecule has 0 amide bonds. The Bertz CT molecular complexity index is 915. The fourth-order valence-electron chi connectivity index (χ4n) is 2.31. The molecule has 0 saturated heterocycles. The Labute approximate surface area is 118 Å². The SMILES string of the molecule is O=c1[nH]cc(-c2cccc([N+](=O)[O-])c2)c2c(O)cccc12. The smallest absolute Gasteiger partial charge is 0.270 e. The maximum Gasteiger partial charge on any atom is 0.270 e. The number of rotatable bonds is 2. The first kappa shape index (κ1) is 12.9. The van der Waals surface area contributed by atoms with E-state index in [-0.39, 0.29) is 17.0 Å². The van der Waals surface area contributed by atoms with Gasteiger partial charge in [-0.15, -0.1) is 0 Å². The highest BCUT2D eigenvalue weighted by Gasteiger charge is 2.13. The molecule has 1 aromatic heterocycles. The third-order valence-corrected chi connectivity index (χ3v) is 3.27. The summed E-state index contributed by atoms with van der Waals surface area (Å²) in [7, 11) is 0. The lowest BCUT2D eigenvalue weighted by molar-refractivity contribution is -0.384. The molecule has 3 rings (SSSR count). The summed E-state index contributed by atoms with van der Waals surface area (Å²) in [5, 5.41) is 21.6. The van der Waals surface area contributed by atoms with E-state index in [4.69, 9.17) is 0 Å². The van der Waals surface area contributed by atoms with Crippen molar-refractivity contribution in [2.45, 2.75) is 0 Å². The van der Waals surface area contributed by atoms with Crippen molar-refractivity contribution in [1.29, 1.82) is 0 Å². The van der Waals surface area contributed by atoms with E-state index in [9.17, 15) is 20.0 Å². The number of hydrogen-bond acceptors (Lipinski definition) is 4. The van der Waals surface area contributed by atoms with Gasteiger partial charge in [0.2, 0.25) is 0 Å². The fraction of sp³-hybridized carbons (Fsp3) is 0. The van der Waals surface area contributed by atoms with Crippen molar-refractivity contribution in [3.63, 3.8) is 0 Å². The van der Waals surface area contributed by atoms with Gasteiger partial charge in [0.1, 0.15) is 5.75 Å². The van der Waals surface area contributed by atoms with Gasteiger partial charge >= 0.3 is 0 Å². The molecule has 0 atom stereocenters. The lowest BCUT2D eigenvalue weighted by atomic mass is 10.00. The number of phenolic OH excluding ortho intramolecular Hbond substituents is 1. The number of aromatic nitrogens is 1. The average Bonchev–Trinajstić information content (AvgIpc) is 2.48. The zero-order valence-electron chi connectivity index (χ0n) is 10.7. The molecule has 2 N–H and O–H groups in total. The molecule has 0 fully saturated rings. The van der Waals surface area contributed by atoms with Gasteiger partial charge in [-0.2, -0.15) is 0 Å². The van der Waals surface area contributed by atoms with Crippen LogP contribution >= 0.6 is 0 Å². The number of nitro groups is 1. The van der Waals surface area contributed by atoms with E-state index < -0.39 is 4.92 Å². The molecule has 104 valence electrons. The summed E-state index contributed by atoms with van der Waals surface area (Å²) in [6.45, 7) is 0. The minimum absolute atomic E-state index is 0.0416. The van der Waals surface area contributed by atoms with Crippen LogP contribution in [0.25, 0.3) is 21.9 Å². The summed E-state index contributed by atoms with van der Waals surface area (Å²) in [6.07, 6.45) is 1.45. The van der Waals surface area contributed by atoms with E-state index in [1.54, 1.807) is 24.3 Å². The first-order chi connectivity index (χ1) is 10.1. The molecule has 6 heteroatoms. The molecule has 0 aliphatic carbocycles. The zero-order valence-corrected chi connectivity index (χ0v) is 10.7. The number of nitrogens with one attached hydrogen (secondary N) is 1. The summed E-state index contributed by atoms with van der Waals surface area (Å²) in [5.41, 5.74) is 0.704. The number of H-pyrrole nitrogens is 1. The third kappa shape index (κ3) is 2.12. The van der Waals surface area contributed by atoms with Crippen LogP contribution in [0.2, 0.25) is 0 Å². The van der Waals surface area contributed by atoms with Gasteiger partial charge in [0.05, 0.1) is 10.3 Å². The maximum absolute atomic E-state index is 11.8. The van der Waals surface area contributed by atoms with Crippen molar-refractivity contribution >= 4 is 16.5 Å². The highest BCUT2D eigenvalue weighted by Crippen LogP contribution is 2.33. The predicted octanol–water partition coefficient (Wildman–Crippen LogP) is 2.81. The van der Waals surface area contributed by atoms with E-state index in [0.29, 0.717) is 21.9 Å². The van der Waals surface area contributed by atoms with Crippen molar-refractivity contribution in [3.8, 4) is 16.9 Å². The molecule has 21 heavy (non-hydrogen) atoms. The number of benzene rings is 2. The van der Waals surface area contributed by atoms with E-state index in [2.05, 4.69) is 4.98 Å². The lowest BCUT2D eigenvalue weighted by Crippen LogP contribution is -2.05. The number of non-ortho nitro benzene ring substituents is 1. The number of nitro benzene ring substituents is 1.